The molecule has 0 aromatic rings. The molecule has 0 aliphatic rings. The largest absolute Gasteiger partial charge is 0.468 e. The van der Waals surface area contributed by atoms with Crippen LogP contribution in [0, 0.1) is 0 Å². The van der Waals surface area contributed by atoms with Crippen LogP contribution in [0.3, 0.4) is 0 Å². The van der Waals surface area contributed by atoms with Gasteiger partial charge in [-0.1, -0.05) is 13.8 Å². The topological polar surface area (TPSA) is 58.6 Å². The quantitative estimate of drug-likeness (QED) is 0.524. The van der Waals surface area contributed by atoms with Crippen molar-refractivity contribution in [3.05, 3.63) is 0 Å². The minimum Gasteiger partial charge on any atom is -0.468 e. The van der Waals surface area contributed by atoms with Gasteiger partial charge >= 0.3 is 5.97 Å². The smallest absolute Gasteiger partial charge is 0.325 e. The van der Waals surface area contributed by atoms with E-state index in [0.717, 1.165) is 13.0 Å². The maximum Gasteiger partial charge on any atom is 0.325 e. The van der Waals surface area contributed by atoms with E-state index < -0.39 is 0 Å². The van der Waals surface area contributed by atoms with Gasteiger partial charge < -0.3 is 15.0 Å². The number of esters is 1. The van der Waals surface area contributed by atoms with E-state index in [2.05, 4.69) is 23.9 Å². The van der Waals surface area contributed by atoms with E-state index in [1.54, 1.807) is 4.90 Å². The maximum absolute atomic E-state index is 12.0. The van der Waals surface area contributed by atoms with Crippen LogP contribution in [0.2, 0.25) is 0 Å². The van der Waals surface area contributed by atoms with Crippen LogP contribution in [0.25, 0.3) is 0 Å². The predicted molar refractivity (Wildman–Crippen MR) is 71.2 cm³/mol. The van der Waals surface area contributed by atoms with Gasteiger partial charge in [0, 0.05) is 18.5 Å². The second kappa shape index (κ2) is 8.91. The summed E-state index contributed by atoms with van der Waals surface area (Å²) in [5.74, 6) is -0.377. The van der Waals surface area contributed by atoms with Gasteiger partial charge in [0.25, 0.3) is 0 Å². The molecule has 18 heavy (non-hydrogen) atoms. The SMILES string of the molecule is COC(=O)CN(C(=O)CCCNC(C)C)C(C)C. The molecule has 0 radical (unpaired) electrons. The molecule has 0 aliphatic carbocycles. The molecule has 0 saturated heterocycles. The maximum atomic E-state index is 12.0. The van der Waals surface area contributed by atoms with Crippen LogP contribution in [0.15, 0.2) is 0 Å². The van der Waals surface area contributed by atoms with Crippen LogP contribution < -0.4 is 5.32 Å². The van der Waals surface area contributed by atoms with Crippen molar-refractivity contribution in [1.82, 2.24) is 10.2 Å². The van der Waals surface area contributed by atoms with E-state index in [1.165, 1.54) is 7.11 Å². The first-order chi connectivity index (χ1) is 8.38. The second-order valence-corrected chi connectivity index (χ2v) is 4.90. The van der Waals surface area contributed by atoms with Gasteiger partial charge in [0.2, 0.25) is 5.91 Å². The summed E-state index contributed by atoms with van der Waals surface area (Å²) in [4.78, 5) is 24.7. The first-order valence-corrected chi connectivity index (χ1v) is 6.48. The van der Waals surface area contributed by atoms with Crippen molar-refractivity contribution >= 4 is 11.9 Å². The third-order valence-electron chi connectivity index (χ3n) is 2.59. The van der Waals surface area contributed by atoms with E-state index >= 15 is 0 Å². The zero-order valence-electron chi connectivity index (χ0n) is 12.2. The monoisotopic (exact) mass is 258 g/mol. The van der Waals surface area contributed by atoms with Crippen LogP contribution in [0.1, 0.15) is 40.5 Å². The number of hydrogen-bond donors (Lipinski definition) is 1. The Morgan fingerprint density at radius 3 is 2.28 bits per heavy atom. The van der Waals surface area contributed by atoms with Crippen molar-refractivity contribution < 1.29 is 14.3 Å². The average Bonchev–Trinajstić information content (AvgIpc) is 2.30. The number of amides is 1. The Labute approximate surface area is 110 Å². The molecule has 0 bridgehead atoms. The lowest BCUT2D eigenvalue weighted by Gasteiger charge is -2.25. The summed E-state index contributed by atoms with van der Waals surface area (Å²) >= 11 is 0. The van der Waals surface area contributed by atoms with Crippen molar-refractivity contribution in [2.24, 2.45) is 0 Å². The Bertz CT molecular complexity index is 265. The van der Waals surface area contributed by atoms with Crippen LogP contribution in [0.4, 0.5) is 0 Å². The fraction of sp³-hybridized carbons (Fsp3) is 0.846. The normalized spacial score (nSPS) is 10.8. The lowest BCUT2D eigenvalue weighted by Crippen LogP contribution is -2.41. The number of nitrogens with one attached hydrogen (secondary N) is 1. The molecule has 0 heterocycles. The van der Waals surface area contributed by atoms with Gasteiger partial charge in [-0.2, -0.15) is 0 Å². The Morgan fingerprint density at radius 2 is 1.83 bits per heavy atom. The molecule has 5 nitrogen and oxygen atoms in total. The highest BCUT2D eigenvalue weighted by molar-refractivity contribution is 5.82. The van der Waals surface area contributed by atoms with Crippen LogP contribution in [0.5, 0.6) is 0 Å². The molecule has 0 rings (SSSR count). The Morgan fingerprint density at radius 1 is 1.22 bits per heavy atom. The van der Waals surface area contributed by atoms with Gasteiger partial charge in [0.05, 0.1) is 7.11 Å². The Balaban J connectivity index is 4.11. The van der Waals surface area contributed by atoms with Crippen molar-refractivity contribution in [2.45, 2.75) is 52.6 Å². The van der Waals surface area contributed by atoms with Gasteiger partial charge in [-0.3, -0.25) is 9.59 Å². The van der Waals surface area contributed by atoms with Crippen molar-refractivity contribution in [2.75, 3.05) is 20.2 Å². The molecule has 0 aliphatic heterocycles. The van der Waals surface area contributed by atoms with Crippen molar-refractivity contribution in [3.8, 4) is 0 Å². The van der Waals surface area contributed by atoms with Crippen molar-refractivity contribution in [1.29, 1.82) is 0 Å². The Kier molecular flexibility index (Phi) is 8.37. The summed E-state index contributed by atoms with van der Waals surface area (Å²) in [6.07, 6.45) is 1.23. The Hall–Kier alpha value is -1.10. The molecule has 106 valence electrons. The van der Waals surface area contributed by atoms with E-state index in [1.807, 2.05) is 13.8 Å². The molecule has 5 heteroatoms. The molecule has 1 N–H and O–H groups in total. The summed E-state index contributed by atoms with van der Waals surface area (Å²) in [5.41, 5.74) is 0. The molecular weight excluding hydrogens is 232 g/mol. The third kappa shape index (κ3) is 7.27. The second-order valence-electron chi connectivity index (χ2n) is 4.90. The molecule has 0 aromatic heterocycles. The minimum absolute atomic E-state index is 0.000885. The molecule has 0 fully saturated rings. The van der Waals surface area contributed by atoms with E-state index in [4.69, 9.17) is 0 Å². The van der Waals surface area contributed by atoms with Gasteiger partial charge in [0.15, 0.2) is 0 Å². The molecule has 0 atom stereocenters. The highest BCUT2D eigenvalue weighted by Crippen LogP contribution is 2.04. The first-order valence-electron chi connectivity index (χ1n) is 6.48. The molecule has 0 aromatic carbocycles. The molecule has 0 saturated carbocycles. The summed E-state index contributed by atoms with van der Waals surface area (Å²) < 4.78 is 4.59. The lowest BCUT2D eigenvalue weighted by atomic mass is 10.2. The number of rotatable bonds is 8. The highest BCUT2D eigenvalue weighted by atomic mass is 16.5. The van der Waals surface area contributed by atoms with Gasteiger partial charge in [-0.15, -0.1) is 0 Å². The summed E-state index contributed by atoms with van der Waals surface area (Å²) in [6.45, 7) is 8.78. The lowest BCUT2D eigenvalue weighted by molar-refractivity contribution is -0.148. The molecule has 1 amide bonds. The zero-order chi connectivity index (χ0) is 14.1. The molecular formula is C13H26N2O3. The van der Waals surface area contributed by atoms with Gasteiger partial charge in [-0.05, 0) is 26.8 Å². The third-order valence-corrected chi connectivity index (χ3v) is 2.59. The number of hydrogen-bond acceptors (Lipinski definition) is 4. The number of ether oxygens (including phenoxy) is 1. The number of nitrogens with zero attached hydrogens (tertiary/aromatic N) is 1. The standard InChI is InChI=1S/C13H26N2O3/c1-10(2)14-8-6-7-12(16)15(11(3)4)9-13(17)18-5/h10-11,14H,6-9H2,1-5H3. The van der Waals surface area contributed by atoms with Crippen LogP contribution in [-0.2, 0) is 14.3 Å². The summed E-state index contributed by atoms with van der Waals surface area (Å²) in [7, 11) is 1.33. The molecule has 0 unspecified atom stereocenters. The molecule has 0 spiro atoms. The van der Waals surface area contributed by atoms with E-state index in [9.17, 15) is 9.59 Å². The minimum atomic E-state index is -0.377. The van der Waals surface area contributed by atoms with E-state index in [-0.39, 0.29) is 24.5 Å². The number of methoxy groups -OCH3 is 1. The summed E-state index contributed by atoms with van der Waals surface area (Å²) in [5, 5.41) is 3.26. The number of carbonyl (C=O) groups excluding carboxylic acids is 2. The van der Waals surface area contributed by atoms with E-state index in [0.29, 0.717) is 12.5 Å². The number of carbonyl (C=O) groups is 2. The highest BCUT2D eigenvalue weighted by Gasteiger charge is 2.19. The predicted octanol–water partition coefficient (Wildman–Crippen LogP) is 1.17. The van der Waals surface area contributed by atoms with Gasteiger partial charge in [0.1, 0.15) is 6.54 Å². The fourth-order valence-corrected chi connectivity index (χ4v) is 1.54. The first kappa shape index (κ1) is 16.9. The van der Waals surface area contributed by atoms with Crippen molar-refractivity contribution in [3.63, 3.8) is 0 Å². The zero-order valence-corrected chi connectivity index (χ0v) is 12.2. The fourth-order valence-electron chi connectivity index (χ4n) is 1.54. The van der Waals surface area contributed by atoms with Crippen LogP contribution >= 0.6 is 0 Å². The van der Waals surface area contributed by atoms with Crippen LogP contribution in [-0.4, -0.2) is 49.1 Å². The average molecular weight is 258 g/mol. The summed E-state index contributed by atoms with van der Waals surface area (Å²) in [6, 6.07) is 0.436. The van der Waals surface area contributed by atoms with Gasteiger partial charge in [-0.25, -0.2) is 0 Å².